The average molecular weight is 342 g/mol. The van der Waals surface area contributed by atoms with Crippen molar-refractivity contribution < 1.29 is 23.4 Å². The highest BCUT2D eigenvalue weighted by Gasteiger charge is 2.16. The molecule has 7 nitrogen and oxygen atoms in total. The van der Waals surface area contributed by atoms with E-state index in [1.54, 1.807) is 33.5 Å². The first-order chi connectivity index (χ1) is 12.3. The van der Waals surface area contributed by atoms with Crippen molar-refractivity contribution in [3.8, 4) is 34.5 Å². The number of ether oxygens (including phenoxy) is 4. The second-order valence-corrected chi connectivity index (χ2v) is 4.98. The molecule has 3 rings (SSSR count). The molecule has 0 spiro atoms. The summed E-state index contributed by atoms with van der Waals surface area (Å²) in [7, 11) is 4.72. The SMILES string of the molecule is COc1ccccc1-c1nnc(COc2c(OC)cccc2OC)o1. The highest BCUT2D eigenvalue weighted by molar-refractivity contribution is 5.62. The summed E-state index contributed by atoms with van der Waals surface area (Å²) in [4.78, 5) is 0. The molecule has 0 bridgehead atoms. The van der Waals surface area contributed by atoms with E-state index in [1.165, 1.54) is 0 Å². The number of rotatable bonds is 7. The number of nitrogens with zero attached hydrogens (tertiary/aromatic N) is 2. The molecule has 0 N–H and O–H groups in total. The Morgan fingerprint density at radius 3 is 2.12 bits per heavy atom. The smallest absolute Gasteiger partial charge is 0.254 e. The molecule has 25 heavy (non-hydrogen) atoms. The average Bonchev–Trinajstić information content (AvgIpc) is 3.14. The Kier molecular flexibility index (Phi) is 5.03. The van der Waals surface area contributed by atoms with E-state index < -0.39 is 0 Å². The van der Waals surface area contributed by atoms with Crippen molar-refractivity contribution in [2.45, 2.75) is 6.61 Å². The second kappa shape index (κ2) is 7.57. The maximum Gasteiger partial charge on any atom is 0.254 e. The molecule has 0 saturated carbocycles. The molecule has 0 saturated heterocycles. The first-order valence-electron chi connectivity index (χ1n) is 7.56. The van der Waals surface area contributed by atoms with Gasteiger partial charge in [-0.25, -0.2) is 0 Å². The summed E-state index contributed by atoms with van der Waals surface area (Å²) in [5, 5.41) is 8.07. The molecule has 2 aromatic carbocycles. The van der Waals surface area contributed by atoms with E-state index in [4.69, 9.17) is 23.4 Å². The van der Waals surface area contributed by atoms with Crippen LogP contribution in [0.3, 0.4) is 0 Å². The fourth-order valence-electron chi connectivity index (χ4n) is 2.34. The van der Waals surface area contributed by atoms with Gasteiger partial charge in [0, 0.05) is 0 Å². The van der Waals surface area contributed by atoms with E-state index in [0.717, 1.165) is 5.56 Å². The van der Waals surface area contributed by atoms with E-state index >= 15 is 0 Å². The number of methoxy groups -OCH3 is 3. The molecule has 0 aliphatic heterocycles. The van der Waals surface area contributed by atoms with Gasteiger partial charge in [-0.1, -0.05) is 18.2 Å². The first-order valence-corrected chi connectivity index (χ1v) is 7.56. The van der Waals surface area contributed by atoms with E-state index in [9.17, 15) is 0 Å². The summed E-state index contributed by atoms with van der Waals surface area (Å²) >= 11 is 0. The maximum absolute atomic E-state index is 5.76. The summed E-state index contributed by atoms with van der Waals surface area (Å²) in [6.45, 7) is 0.0822. The van der Waals surface area contributed by atoms with Gasteiger partial charge in [0.1, 0.15) is 5.75 Å². The van der Waals surface area contributed by atoms with Crippen molar-refractivity contribution >= 4 is 0 Å². The second-order valence-electron chi connectivity index (χ2n) is 4.98. The zero-order chi connectivity index (χ0) is 17.6. The van der Waals surface area contributed by atoms with Gasteiger partial charge in [-0.2, -0.15) is 0 Å². The number of aromatic nitrogens is 2. The van der Waals surface area contributed by atoms with Crippen LogP contribution in [-0.4, -0.2) is 31.5 Å². The van der Waals surface area contributed by atoms with Crippen LogP contribution in [0.1, 0.15) is 5.89 Å². The van der Waals surface area contributed by atoms with Crippen LogP contribution in [-0.2, 0) is 6.61 Å². The van der Waals surface area contributed by atoms with Crippen molar-refractivity contribution in [2.24, 2.45) is 0 Å². The zero-order valence-electron chi connectivity index (χ0n) is 14.2. The van der Waals surface area contributed by atoms with Crippen LogP contribution in [0.4, 0.5) is 0 Å². The molecule has 0 radical (unpaired) electrons. The van der Waals surface area contributed by atoms with Crippen LogP contribution < -0.4 is 18.9 Å². The van der Waals surface area contributed by atoms with Gasteiger partial charge in [-0.05, 0) is 24.3 Å². The molecular formula is C18H18N2O5. The van der Waals surface area contributed by atoms with Crippen LogP contribution in [0, 0.1) is 0 Å². The normalized spacial score (nSPS) is 10.4. The number of hydrogen-bond acceptors (Lipinski definition) is 7. The maximum atomic E-state index is 5.76. The molecule has 0 aliphatic carbocycles. The molecule has 0 fully saturated rings. The zero-order valence-corrected chi connectivity index (χ0v) is 14.2. The van der Waals surface area contributed by atoms with Gasteiger partial charge in [-0.15, -0.1) is 10.2 Å². The number of hydrogen-bond donors (Lipinski definition) is 0. The fraction of sp³-hybridized carbons (Fsp3) is 0.222. The Hall–Kier alpha value is -3.22. The molecule has 0 atom stereocenters. The van der Waals surface area contributed by atoms with E-state index in [1.807, 2.05) is 30.3 Å². The summed E-state index contributed by atoms with van der Waals surface area (Å²) in [6, 6.07) is 12.8. The Balaban J connectivity index is 1.79. The van der Waals surface area contributed by atoms with Gasteiger partial charge in [0.15, 0.2) is 18.1 Å². The molecule has 0 unspecified atom stereocenters. The van der Waals surface area contributed by atoms with E-state index in [0.29, 0.717) is 34.8 Å². The minimum absolute atomic E-state index is 0.0822. The molecule has 1 heterocycles. The van der Waals surface area contributed by atoms with Crippen LogP contribution in [0.5, 0.6) is 23.0 Å². The lowest BCUT2D eigenvalue weighted by Crippen LogP contribution is -2.00. The molecule has 0 amide bonds. The third-order valence-corrected chi connectivity index (χ3v) is 3.53. The molecule has 130 valence electrons. The first kappa shape index (κ1) is 16.6. The molecule has 7 heteroatoms. The minimum Gasteiger partial charge on any atom is -0.496 e. The van der Waals surface area contributed by atoms with Crippen LogP contribution >= 0.6 is 0 Å². The monoisotopic (exact) mass is 342 g/mol. The van der Waals surface area contributed by atoms with Gasteiger partial charge in [-0.3, -0.25) is 0 Å². The van der Waals surface area contributed by atoms with Crippen molar-refractivity contribution in [3.05, 3.63) is 48.4 Å². The summed E-state index contributed by atoms with van der Waals surface area (Å²) in [5.41, 5.74) is 0.721. The lowest BCUT2D eigenvalue weighted by atomic mass is 10.2. The van der Waals surface area contributed by atoms with E-state index in [-0.39, 0.29) is 6.61 Å². The van der Waals surface area contributed by atoms with Gasteiger partial charge >= 0.3 is 0 Å². The quantitative estimate of drug-likeness (QED) is 0.652. The summed E-state index contributed by atoms with van der Waals surface area (Å²) < 4.78 is 27.3. The predicted octanol–water partition coefficient (Wildman–Crippen LogP) is 3.34. The van der Waals surface area contributed by atoms with Crippen molar-refractivity contribution in [1.29, 1.82) is 0 Å². The third-order valence-electron chi connectivity index (χ3n) is 3.53. The lowest BCUT2D eigenvalue weighted by Gasteiger charge is -2.12. The molecule has 1 aromatic heterocycles. The molecular weight excluding hydrogens is 324 g/mol. The number of benzene rings is 2. The summed E-state index contributed by atoms with van der Waals surface area (Å²) in [5.74, 6) is 2.94. The summed E-state index contributed by atoms with van der Waals surface area (Å²) in [6.07, 6.45) is 0. The molecule has 0 aliphatic rings. The topological polar surface area (TPSA) is 75.8 Å². The van der Waals surface area contributed by atoms with Gasteiger partial charge in [0.05, 0.1) is 26.9 Å². The largest absolute Gasteiger partial charge is 0.496 e. The predicted molar refractivity (Wildman–Crippen MR) is 90.2 cm³/mol. The van der Waals surface area contributed by atoms with Gasteiger partial charge < -0.3 is 23.4 Å². The van der Waals surface area contributed by atoms with Crippen molar-refractivity contribution in [2.75, 3.05) is 21.3 Å². The van der Waals surface area contributed by atoms with Crippen molar-refractivity contribution in [3.63, 3.8) is 0 Å². The van der Waals surface area contributed by atoms with Crippen molar-refractivity contribution in [1.82, 2.24) is 10.2 Å². The van der Waals surface area contributed by atoms with Gasteiger partial charge in [0.2, 0.25) is 5.75 Å². The Morgan fingerprint density at radius 1 is 0.800 bits per heavy atom. The number of para-hydroxylation sites is 2. The Labute approximate surface area is 145 Å². The van der Waals surface area contributed by atoms with Crippen LogP contribution in [0.25, 0.3) is 11.5 Å². The van der Waals surface area contributed by atoms with Crippen LogP contribution in [0.2, 0.25) is 0 Å². The standard InChI is InChI=1S/C18H18N2O5/c1-21-13-8-5-4-7-12(13)18-20-19-16(25-18)11-24-17-14(22-2)9-6-10-15(17)23-3/h4-10H,11H2,1-3H3. The molecule has 3 aromatic rings. The Bertz CT molecular complexity index is 825. The third kappa shape index (κ3) is 3.50. The highest BCUT2D eigenvalue weighted by Crippen LogP contribution is 2.37. The van der Waals surface area contributed by atoms with E-state index in [2.05, 4.69) is 10.2 Å². The van der Waals surface area contributed by atoms with Crippen LogP contribution in [0.15, 0.2) is 46.9 Å². The Morgan fingerprint density at radius 2 is 1.44 bits per heavy atom. The fourth-order valence-corrected chi connectivity index (χ4v) is 2.34. The highest BCUT2D eigenvalue weighted by atomic mass is 16.5. The van der Waals surface area contributed by atoms with Gasteiger partial charge in [0.25, 0.3) is 11.8 Å². The minimum atomic E-state index is 0.0822. The lowest BCUT2D eigenvalue weighted by molar-refractivity contribution is 0.238.